The third kappa shape index (κ3) is 3.66. The molecular formula is C19H23N5O3. The maximum atomic E-state index is 12.4. The van der Waals surface area contributed by atoms with Crippen molar-refractivity contribution in [2.45, 2.75) is 44.2 Å². The standard InChI is InChI=1S/C19H23N5O3/c25-15-4-2-14(3-5-15)24-17-6-1-13(9-16(17)23-19(24)27)18(26)20-8-7-12-10-21-22-11-12/h1,6,9-11,14-15,25H,2-5,7-8H2,(H,20,26)(H,21,22)(H,23,27). The number of rotatable bonds is 5. The van der Waals surface area contributed by atoms with Gasteiger partial charge < -0.3 is 15.4 Å². The average molecular weight is 369 g/mol. The first kappa shape index (κ1) is 17.5. The number of carbonyl (C=O) groups is 1. The van der Waals surface area contributed by atoms with Gasteiger partial charge in [-0.25, -0.2) is 4.79 Å². The van der Waals surface area contributed by atoms with E-state index in [4.69, 9.17) is 0 Å². The van der Waals surface area contributed by atoms with E-state index in [0.717, 1.165) is 23.9 Å². The number of aliphatic hydroxyl groups is 1. The van der Waals surface area contributed by atoms with Gasteiger partial charge in [0.1, 0.15) is 0 Å². The lowest BCUT2D eigenvalue weighted by atomic mass is 9.93. The van der Waals surface area contributed by atoms with Crippen molar-refractivity contribution in [3.05, 3.63) is 52.2 Å². The molecule has 3 aromatic rings. The van der Waals surface area contributed by atoms with E-state index in [1.54, 1.807) is 29.1 Å². The Bertz CT molecular complexity index is 981. The predicted octanol–water partition coefficient (Wildman–Crippen LogP) is 1.50. The highest BCUT2D eigenvalue weighted by Crippen LogP contribution is 2.29. The monoisotopic (exact) mass is 369 g/mol. The van der Waals surface area contributed by atoms with Crippen molar-refractivity contribution in [3.63, 3.8) is 0 Å². The van der Waals surface area contributed by atoms with E-state index in [0.29, 0.717) is 36.9 Å². The minimum absolute atomic E-state index is 0.0873. The number of imidazole rings is 1. The molecule has 142 valence electrons. The van der Waals surface area contributed by atoms with Crippen LogP contribution in [-0.2, 0) is 6.42 Å². The first-order valence-corrected chi connectivity index (χ1v) is 9.30. The van der Waals surface area contributed by atoms with E-state index < -0.39 is 0 Å². The molecule has 4 rings (SSSR count). The molecule has 0 saturated heterocycles. The molecular weight excluding hydrogens is 346 g/mol. The van der Waals surface area contributed by atoms with E-state index in [9.17, 15) is 14.7 Å². The highest BCUT2D eigenvalue weighted by molar-refractivity contribution is 5.97. The Morgan fingerprint density at radius 1 is 1.30 bits per heavy atom. The molecule has 0 aliphatic heterocycles. The number of aliphatic hydroxyl groups excluding tert-OH is 1. The molecule has 8 nitrogen and oxygen atoms in total. The molecule has 1 aliphatic rings. The summed E-state index contributed by atoms with van der Waals surface area (Å²) in [7, 11) is 0. The quantitative estimate of drug-likeness (QED) is 0.545. The minimum Gasteiger partial charge on any atom is -0.393 e. The Hall–Kier alpha value is -2.87. The van der Waals surface area contributed by atoms with Crippen molar-refractivity contribution >= 4 is 16.9 Å². The maximum Gasteiger partial charge on any atom is 0.326 e. The summed E-state index contributed by atoms with van der Waals surface area (Å²) in [5.41, 5.74) is 2.85. The van der Waals surface area contributed by atoms with Gasteiger partial charge in [-0.2, -0.15) is 5.10 Å². The third-order valence-electron chi connectivity index (χ3n) is 5.26. The fourth-order valence-corrected chi connectivity index (χ4v) is 3.79. The normalized spacial score (nSPS) is 20.0. The van der Waals surface area contributed by atoms with E-state index >= 15 is 0 Å². The summed E-state index contributed by atoms with van der Waals surface area (Å²) >= 11 is 0. The smallest absolute Gasteiger partial charge is 0.326 e. The largest absolute Gasteiger partial charge is 0.393 e. The number of H-pyrrole nitrogens is 2. The zero-order valence-corrected chi connectivity index (χ0v) is 14.9. The summed E-state index contributed by atoms with van der Waals surface area (Å²) < 4.78 is 1.77. The van der Waals surface area contributed by atoms with Gasteiger partial charge in [-0.05, 0) is 55.9 Å². The van der Waals surface area contributed by atoms with Crippen molar-refractivity contribution in [1.82, 2.24) is 25.1 Å². The number of amides is 1. The number of nitrogens with one attached hydrogen (secondary N) is 3. The first-order valence-electron chi connectivity index (χ1n) is 9.30. The molecule has 1 fully saturated rings. The molecule has 0 spiro atoms. The Kier molecular flexibility index (Phi) is 4.81. The molecule has 0 radical (unpaired) electrons. The van der Waals surface area contributed by atoms with Crippen LogP contribution in [0.5, 0.6) is 0 Å². The second kappa shape index (κ2) is 7.40. The summed E-state index contributed by atoms with van der Waals surface area (Å²) in [5, 5.41) is 19.2. The van der Waals surface area contributed by atoms with Crippen LogP contribution in [0.1, 0.15) is 47.6 Å². The Morgan fingerprint density at radius 3 is 2.85 bits per heavy atom. The molecule has 1 aliphatic carbocycles. The number of benzene rings is 1. The molecule has 27 heavy (non-hydrogen) atoms. The number of fused-ring (bicyclic) bond motifs is 1. The summed E-state index contributed by atoms with van der Waals surface area (Å²) in [4.78, 5) is 27.7. The van der Waals surface area contributed by atoms with Crippen LogP contribution < -0.4 is 11.0 Å². The molecule has 0 bridgehead atoms. The number of hydrogen-bond acceptors (Lipinski definition) is 4. The zero-order chi connectivity index (χ0) is 18.8. The topological polar surface area (TPSA) is 116 Å². The Morgan fingerprint density at radius 2 is 2.11 bits per heavy atom. The summed E-state index contributed by atoms with van der Waals surface area (Å²) in [5.74, 6) is -0.171. The molecule has 1 amide bonds. The third-order valence-corrected chi connectivity index (χ3v) is 5.26. The lowest BCUT2D eigenvalue weighted by molar-refractivity contribution is 0.0954. The van der Waals surface area contributed by atoms with E-state index in [2.05, 4.69) is 20.5 Å². The summed E-state index contributed by atoms with van der Waals surface area (Å²) in [6, 6.07) is 5.38. The van der Waals surface area contributed by atoms with E-state index in [1.165, 1.54) is 0 Å². The van der Waals surface area contributed by atoms with E-state index in [-0.39, 0.29) is 23.7 Å². The van der Waals surface area contributed by atoms with Crippen molar-refractivity contribution in [1.29, 1.82) is 0 Å². The average Bonchev–Trinajstić information content (AvgIpc) is 3.29. The lowest BCUT2D eigenvalue weighted by Gasteiger charge is -2.26. The van der Waals surface area contributed by atoms with Crippen LogP contribution in [0.2, 0.25) is 0 Å². The highest BCUT2D eigenvalue weighted by Gasteiger charge is 2.24. The summed E-state index contributed by atoms with van der Waals surface area (Å²) in [6.07, 6.45) is 6.95. The first-order chi connectivity index (χ1) is 13.1. The highest BCUT2D eigenvalue weighted by atomic mass is 16.3. The Balaban J connectivity index is 1.49. The summed E-state index contributed by atoms with van der Waals surface area (Å²) in [6.45, 7) is 0.512. The van der Waals surface area contributed by atoms with Crippen LogP contribution in [0.15, 0.2) is 35.4 Å². The van der Waals surface area contributed by atoms with Gasteiger partial charge in [-0.15, -0.1) is 0 Å². The second-order valence-corrected chi connectivity index (χ2v) is 7.11. The lowest BCUT2D eigenvalue weighted by Crippen LogP contribution is -2.27. The van der Waals surface area contributed by atoms with Gasteiger partial charge in [0.2, 0.25) is 0 Å². The number of hydrogen-bond donors (Lipinski definition) is 4. The molecule has 2 aromatic heterocycles. The second-order valence-electron chi connectivity index (χ2n) is 7.11. The maximum absolute atomic E-state index is 12.4. The number of carbonyl (C=O) groups excluding carboxylic acids is 1. The predicted molar refractivity (Wildman–Crippen MR) is 101 cm³/mol. The van der Waals surface area contributed by atoms with Gasteiger partial charge in [0.15, 0.2) is 0 Å². The number of aromatic amines is 2. The number of aromatic nitrogens is 4. The van der Waals surface area contributed by atoms with Crippen LogP contribution >= 0.6 is 0 Å². The molecule has 1 aromatic carbocycles. The number of nitrogens with zero attached hydrogens (tertiary/aromatic N) is 2. The molecule has 0 unspecified atom stereocenters. The molecule has 0 atom stereocenters. The molecule has 1 saturated carbocycles. The minimum atomic E-state index is -0.264. The fraction of sp³-hybridized carbons (Fsp3) is 0.421. The Labute approximate surface area is 155 Å². The molecule has 4 N–H and O–H groups in total. The van der Waals surface area contributed by atoms with Crippen LogP contribution in [0, 0.1) is 0 Å². The van der Waals surface area contributed by atoms with Crippen LogP contribution in [0.4, 0.5) is 0 Å². The fourth-order valence-electron chi connectivity index (χ4n) is 3.79. The van der Waals surface area contributed by atoms with Gasteiger partial charge in [-0.3, -0.25) is 14.5 Å². The van der Waals surface area contributed by atoms with E-state index in [1.807, 2.05) is 6.07 Å². The van der Waals surface area contributed by atoms with Gasteiger partial charge in [-0.1, -0.05) is 0 Å². The van der Waals surface area contributed by atoms with Crippen molar-refractivity contribution < 1.29 is 9.90 Å². The van der Waals surface area contributed by atoms with Gasteiger partial charge in [0.25, 0.3) is 5.91 Å². The SMILES string of the molecule is O=C(NCCc1cn[nH]c1)c1ccc2c(c1)[nH]c(=O)n2C1CCC(O)CC1. The van der Waals surface area contributed by atoms with Gasteiger partial charge in [0, 0.05) is 24.3 Å². The molecule has 8 heteroatoms. The van der Waals surface area contributed by atoms with Crippen LogP contribution in [-0.4, -0.2) is 43.4 Å². The van der Waals surface area contributed by atoms with Crippen molar-refractivity contribution in [2.75, 3.05) is 6.54 Å². The zero-order valence-electron chi connectivity index (χ0n) is 14.9. The van der Waals surface area contributed by atoms with Crippen molar-refractivity contribution in [3.8, 4) is 0 Å². The van der Waals surface area contributed by atoms with Crippen LogP contribution in [0.3, 0.4) is 0 Å². The van der Waals surface area contributed by atoms with Crippen LogP contribution in [0.25, 0.3) is 11.0 Å². The van der Waals surface area contributed by atoms with Gasteiger partial charge in [0.05, 0.1) is 23.3 Å². The van der Waals surface area contributed by atoms with Crippen molar-refractivity contribution in [2.24, 2.45) is 0 Å². The van der Waals surface area contributed by atoms with Gasteiger partial charge >= 0.3 is 5.69 Å². The molecule has 2 heterocycles.